The second kappa shape index (κ2) is 6.22. The summed E-state index contributed by atoms with van der Waals surface area (Å²) in [5.41, 5.74) is 0.0995. The number of fused-ring (bicyclic) bond motifs is 5. The number of carbonyl (C=O) groups excluding carboxylic acids is 1. The third-order valence-corrected chi connectivity index (χ3v) is 9.86. The molecule has 148 valence electrons. The molecule has 0 aromatic heterocycles. The van der Waals surface area contributed by atoms with Gasteiger partial charge in [-0.2, -0.15) is 0 Å². The van der Waals surface area contributed by atoms with Crippen LogP contribution in [0.2, 0.25) is 0 Å². The van der Waals surface area contributed by atoms with Crippen LogP contribution in [0.3, 0.4) is 0 Å². The molecule has 4 fully saturated rings. The summed E-state index contributed by atoms with van der Waals surface area (Å²) in [7, 11) is 0. The van der Waals surface area contributed by atoms with Crippen molar-refractivity contribution in [1.82, 2.24) is 0 Å². The van der Waals surface area contributed by atoms with E-state index in [1.807, 2.05) is 0 Å². The number of aliphatic hydroxyl groups is 1. The molecule has 0 radical (unpaired) electrons. The number of rotatable bonds is 2. The Balaban J connectivity index is 1.55. The fourth-order valence-electron chi connectivity index (χ4n) is 8.25. The normalized spacial score (nSPS) is 53.3. The summed E-state index contributed by atoms with van der Waals surface area (Å²) in [5, 5.41) is 11.3. The fraction of sp³-hybridized carbons (Fsp3) is 0.957. The molecule has 0 unspecified atom stereocenters. The molecule has 0 heterocycles. The molecule has 0 aromatic carbocycles. The van der Waals surface area contributed by atoms with E-state index in [0.29, 0.717) is 17.3 Å². The van der Waals surface area contributed by atoms with Gasteiger partial charge in [-0.1, -0.05) is 20.8 Å². The topological polar surface area (TPSA) is 46.5 Å². The van der Waals surface area contributed by atoms with Crippen molar-refractivity contribution in [3.8, 4) is 0 Å². The van der Waals surface area contributed by atoms with E-state index < -0.39 is 5.60 Å². The van der Waals surface area contributed by atoms with Crippen LogP contribution in [0.4, 0.5) is 0 Å². The van der Waals surface area contributed by atoms with Crippen LogP contribution in [-0.4, -0.2) is 22.8 Å². The lowest BCUT2D eigenvalue weighted by Gasteiger charge is -2.61. The minimum atomic E-state index is -0.437. The van der Waals surface area contributed by atoms with Gasteiger partial charge in [0.15, 0.2) is 0 Å². The maximum Gasteiger partial charge on any atom is 0.302 e. The molecule has 4 saturated carbocycles. The van der Waals surface area contributed by atoms with Crippen LogP contribution in [-0.2, 0) is 9.53 Å². The molecule has 3 nitrogen and oxygen atoms in total. The van der Waals surface area contributed by atoms with Gasteiger partial charge >= 0.3 is 5.97 Å². The molecular weight excluding hydrogens is 324 g/mol. The summed E-state index contributed by atoms with van der Waals surface area (Å²) in [6, 6.07) is 0. The summed E-state index contributed by atoms with van der Waals surface area (Å²) in [6.07, 6.45) is 11.7. The molecule has 0 bridgehead atoms. The van der Waals surface area contributed by atoms with E-state index >= 15 is 0 Å². The minimum absolute atomic E-state index is 0.120. The van der Waals surface area contributed by atoms with E-state index in [4.69, 9.17) is 4.74 Å². The first-order valence-electron chi connectivity index (χ1n) is 11.1. The van der Waals surface area contributed by atoms with Crippen molar-refractivity contribution in [2.45, 2.75) is 104 Å². The van der Waals surface area contributed by atoms with E-state index in [0.717, 1.165) is 37.5 Å². The smallest absolute Gasteiger partial charge is 0.302 e. The van der Waals surface area contributed by atoms with Gasteiger partial charge in [0.1, 0.15) is 6.10 Å². The van der Waals surface area contributed by atoms with Crippen LogP contribution in [0.5, 0.6) is 0 Å². The number of esters is 1. The van der Waals surface area contributed by atoms with Gasteiger partial charge in [-0.3, -0.25) is 4.79 Å². The number of hydrogen-bond acceptors (Lipinski definition) is 3. The highest BCUT2D eigenvalue weighted by molar-refractivity contribution is 5.66. The predicted molar refractivity (Wildman–Crippen MR) is 103 cm³/mol. The van der Waals surface area contributed by atoms with Crippen molar-refractivity contribution in [3.05, 3.63) is 0 Å². The van der Waals surface area contributed by atoms with Crippen molar-refractivity contribution >= 4 is 5.97 Å². The molecule has 0 saturated heterocycles. The first-order valence-corrected chi connectivity index (χ1v) is 11.1. The average molecular weight is 363 g/mol. The molecule has 0 aromatic rings. The van der Waals surface area contributed by atoms with Crippen LogP contribution in [0.1, 0.15) is 91.9 Å². The van der Waals surface area contributed by atoms with Gasteiger partial charge in [-0.15, -0.1) is 0 Å². The zero-order valence-corrected chi connectivity index (χ0v) is 17.2. The van der Waals surface area contributed by atoms with Crippen LogP contribution in [0.25, 0.3) is 0 Å². The van der Waals surface area contributed by atoms with Gasteiger partial charge in [0.05, 0.1) is 5.60 Å². The zero-order valence-electron chi connectivity index (χ0n) is 17.2. The van der Waals surface area contributed by atoms with Gasteiger partial charge in [0, 0.05) is 6.92 Å². The van der Waals surface area contributed by atoms with E-state index in [9.17, 15) is 9.90 Å². The maximum atomic E-state index is 11.4. The molecule has 0 amide bonds. The number of hydrogen-bond donors (Lipinski definition) is 1. The van der Waals surface area contributed by atoms with Gasteiger partial charge in [-0.25, -0.2) is 0 Å². The summed E-state index contributed by atoms with van der Waals surface area (Å²) in [4.78, 5) is 11.4. The third kappa shape index (κ3) is 2.52. The number of ether oxygens (including phenoxy) is 1. The van der Waals surface area contributed by atoms with Crippen molar-refractivity contribution in [2.75, 3.05) is 0 Å². The second-order valence-corrected chi connectivity index (χ2v) is 10.5. The molecule has 0 aliphatic heterocycles. The molecule has 8 atom stereocenters. The third-order valence-electron chi connectivity index (χ3n) is 9.86. The molecule has 4 aliphatic rings. The Labute approximate surface area is 159 Å². The summed E-state index contributed by atoms with van der Waals surface area (Å²) < 4.78 is 5.58. The largest absolute Gasteiger partial charge is 0.463 e. The van der Waals surface area contributed by atoms with Gasteiger partial charge in [-0.05, 0) is 98.7 Å². The van der Waals surface area contributed by atoms with Crippen molar-refractivity contribution in [2.24, 2.45) is 34.5 Å². The molecule has 0 spiro atoms. The fourth-order valence-corrected chi connectivity index (χ4v) is 8.25. The Morgan fingerprint density at radius 3 is 2.46 bits per heavy atom. The van der Waals surface area contributed by atoms with Crippen LogP contribution >= 0.6 is 0 Å². The molecule has 4 aliphatic carbocycles. The monoisotopic (exact) mass is 362 g/mol. The highest BCUT2D eigenvalue weighted by atomic mass is 16.5. The Hall–Kier alpha value is -0.570. The first kappa shape index (κ1) is 18.8. The Bertz CT molecular complexity index is 574. The zero-order chi connectivity index (χ0) is 18.7. The van der Waals surface area contributed by atoms with Crippen LogP contribution in [0.15, 0.2) is 0 Å². The molecule has 26 heavy (non-hydrogen) atoms. The quantitative estimate of drug-likeness (QED) is 0.695. The highest BCUT2D eigenvalue weighted by Crippen LogP contribution is 2.68. The molecular formula is C23H38O3. The standard InChI is InChI=1S/C23H38O3/c1-5-23(25)13-10-20-18-7-6-16-14-17(26-15(2)24)8-11-21(16,3)19(18)9-12-22(20,23)4/h16-20,25H,5-14H2,1-4H3/t16-,17-,18-,19+,20-,21+,22-,23+/m1/s1. The lowest BCUT2D eigenvalue weighted by molar-refractivity contribution is -0.169. The van der Waals surface area contributed by atoms with Crippen molar-refractivity contribution in [1.29, 1.82) is 0 Å². The van der Waals surface area contributed by atoms with Gasteiger partial charge < -0.3 is 9.84 Å². The van der Waals surface area contributed by atoms with E-state index in [-0.39, 0.29) is 17.5 Å². The highest BCUT2D eigenvalue weighted by Gasteiger charge is 2.64. The Morgan fingerprint density at radius 1 is 1.04 bits per heavy atom. The van der Waals surface area contributed by atoms with Gasteiger partial charge in [0.2, 0.25) is 0 Å². The minimum Gasteiger partial charge on any atom is -0.463 e. The average Bonchev–Trinajstić information content (AvgIpc) is 2.87. The molecule has 3 heteroatoms. The van der Waals surface area contributed by atoms with E-state index in [1.54, 1.807) is 6.92 Å². The Morgan fingerprint density at radius 2 is 1.77 bits per heavy atom. The molecule has 1 N–H and O–H groups in total. The maximum absolute atomic E-state index is 11.4. The SMILES string of the molecule is CC[C@]1(O)CC[C@@H]2[C@@H]3CC[C@@H]4C[C@H](OC(C)=O)CC[C@]4(C)[C@H]3CC[C@]21C. The lowest BCUT2D eigenvalue weighted by atomic mass is 9.44. The second-order valence-electron chi connectivity index (χ2n) is 10.5. The summed E-state index contributed by atoms with van der Waals surface area (Å²) in [5.74, 6) is 2.89. The Kier molecular flexibility index (Phi) is 4.49. The number of carbonyl (C=O) groups is 1. The predicted octanol–water partition coefficient (Wildman–Crippen LogP) is 5.10. The summed E-state index contributed by atoms with van der Waals surface area (Å²) in [6.45, 7) is 8.66. The van der Waals surface area contributed by atoms with E-state index in [2.05, 4.69) is 20.8 Å². The van der Waals surface area contributed by atoms with E-state index in [1.165, 1.54) is 38.5 Å². The van der Waals surface area contributed by atoms with Crippen LogP contribution < -0.4 is 0 Å². The van der Waals surface area contributed by atoms with Crippen molar-refractivity contribution < 1.29 is 14.6 Å². The summed E-state index contributed by atoms with van der Waals surface area (Å²) >= 11 is 0. The van der Waals surface area contributed by atoms with Crippen LogP contribution in [0, 0.1) is 34.5 Å². The molecule has 4 rings (SSSR count). The first-order chi connectivity index (χ1) is 12.2. The lowest BCUT2D eigenvalue weighted by Crippen LogP contribution is -2.56. The van der Waals surface area contributed by atoms with Gasteiger partial charge in [0.25, 0.3) is 0 Å². The van der Waals surface area contributed by atoms with Crippen molar-refractivity contribution in [3.63, 3.8) is 0 Å².